The van der Waals surface area contributed by atoms with Crippen LogP contribution in [0.4, 0.5) is 5.95 Å². The van der Waals surface area contributed by atoms with E-state index in [4.69, 9.17) is 0 Å². The molecule has 2 N–H and O–H groups in total. The van der Waals surface area contributed by atoms with E-state index >= 15 is 0 Å². The summed E-state index contributed by atoms with van der Waals surface area (Å²) in [7, 11) is 0. The fourth-order valence-corrected chi connectivity index (χ4v) is 1.16. The summed E-state index contributed by atoms with van der Waals surface area (Å²) in [6.07, 6.45) is 3.72. The van der Waals surface area contributed by atoms with Gasteiger partial charge in [0.05, 0.1) is 0 Å². The number of nitrogens with one attached hydrogen (secondary N) is 2. The Morgan fingerprint density at radius 2 is 2.50 bits per heavy atom. The predicted octanol–water partition coefficient (Wildman–Crippen LogP) is -0.183. The fourth-order valence-electron chi connectivity index (χ4n) is 1.16. The number of imidazole rings is 1. The second-order valence-corrected chi connectivity index (χ2v) is 2.83. The van der Waals surface area contributed by atoms with Gasteiger partial charge < -0.3 is 9.88 Å². The molecule has 0 spiro atoms. The Labute approximate surface area is 80.5 Å². The van der Waals surface area contributed by atoms with Gasteiger partial charge >= 0.3 is 0 Å². The molecule has 0 atom stereocenters. The first-order chi connectivity index (χ1) is 6.86. The second-order valence-electron chi connectivity index (χ2n) is 2.83. The number of nitrogens with zero attached hydrogens (tertiary/aromatic N) is 5. The maximum Gasteiger partial charge on any atom is 0.263 e. The van der Waals surface area contributed by atoms with E-state index in [9.17, 15) is 0 Å². The number of aromatic amines is 1. The lowest BCUT2D eigenvalue weighted by Crippen LogP contribution is -2.11. The molecule has 0 fully saturated rings. The van der Waals surface area contributed by atoms with Crippen molar-refractivity contribution in [2.75, 3.05) is 11.9 Å². The van der Waals surface area contributed by atoms with Crippen molar-refractivity contribution in [1.29, 1.82) is 0 Å². The monoisotopic (exact) mass is 193 g/mol. The zero-order valence-corrected chi connectivity index (χ0v) is 7.80. The summed E-state index contributed by atoms with van der Waals surface area (Å²) in [4.78, 5) is 4.12. The van der Waals surface area contributed by atoms with Crippen LogP contribution in [0.3, 0.4) is 0 Å². The zero-order valence-electron chi connectivity index (χ0n) is 7.80. The summed E-state index contributed by atoms with van der Waals surface area (Å²) < 4.78 is 2.05. The topological polar surface area (TPSA) is 84.3 Å². The number of H-pyrrole nitrogens is 1. The zero-order chi connectivity index (χ0) is 9.80. The lowest BCUT2D eigenvalue weighted by atomic mass is 10.5. The molecule has 0 bridgehead atoms. The minimum Gasteiger partial charge on any atom is -0.350 e. The molecule has 2 aromatic heterocycles. The van der Waals surface area contributed by atoms with Crippen LogP contribution in [-0.4, -0.2) is 36.7 Å². The molecule has 74 valence electrons. The molecular formula is C7H11N7. The third kappa shape index (κ3) is 1.87. The first-order valence-electron chi connectivity index (χ1n) is 4.31. The molecule has 0 aliphatic carbocycles. The van der Waals surface area contributed by atoms with Crippen LogP contribution >= 0.6 is 0 Å². The number of anilines is 1. The molecule has 2 aromatic rings. The predicted molar refractivity (Wildman–Crippen MR) is 49.6 cm³/mol. The van der Waals surface area contributed by atoms with Crippen LogP contribution in [0.15, 0.2) is 12.4 Å². The lowest BCUT2D eigenvalue weighted by Gasteiger charge is -2.04. The molecule has 0 unspecified atom stereocenters. The molecule has 0 aromatic carbocycles. The van der Waals surface area contributed by atoms with Gasteiger partial charge in [0.25, 0.3) is 5.95 Å². The Hall–Kier alpha value is -1.92. The molecule has 7 nitrogen and oxygen atoms in total. The summed E-state index contributed by atoms with van der Waals surface area (Å²) in [6.45, 7) is 3.55. The smallest absolute Gasteiger partial charge is 0.263 e. The number of hydrogen-bond donors (Lipinski definition) is 2. The van der Waals surface area contributed by atoms with Crippen molar-refractivity contribution in [1.82, 2.24) is 30.2 Å². The average Bonchev–Trinajstić information content (AvgIpc) is 2.78. The van der Waals surface area contributed by atoms with E-state index in [0.717, 1.165) is 18.9 Å². The van der Waals surface area contributed by atoms with Gasteiger partial charge in [0.15, 0.2) is 0 Å². The molecule has 2 rings (SSSR count). The summed E-state index contributed by atoms with van der Waals surface area (Å²) in [6, 6.07) is 0. The maximum absolute atomic E-state index is 4.12. The summed E-state index contributed by atoms with van der Waals surface area (Å²) in [5.41, 5.74) is 0. The van der Waals surface area contributed by atoms with Gasteiger partial charge in [0.1, 0.15) is 5.82 Å². The Kier molecular flexibility index (Phi) is 2.39. The molecule has 0 aliphatic heterocycles. The number of aryl methyl sites for hydroxylation is 1. The molecule has 0 radical (unpaired) electrons. The molecule has 0 amide bonds. The molecule has 0 saturated carbocycles. The highest BCUT2D eigenvalue weighted by Crippen LogP contribution is 1.95. The number of rotatable bonds is 4. The van der Waals surface area contributed by atoms with Crippen LogP contribution < -0.4 is 5.32 Å². The van der Waals surface area contributed by atoms with Gasteiger partial charge in [0, 0.05) is 25.5 Å². The maximum atomic E-state index is 4.12. The summed E-state index contributed by atoms with van der Waals surface area (Å²) in [5, 5.41) is 16.4. The van der Waals surface area contributed by atoms with Gasteiger partial charge in [-0.2, -0.15) is 5.21 Å². The molecule has 7 heteroatoms. The van der Waals surface area contributed by atoms with Crippen molar-refractivity contribution in [2.45, 2.75) is 13.5 Å². The van der Waals surface area contributed by atoms with Crippen LogP contribution in [-0.2, 0) is 6.54 Å². The van der Waals surface area contributed by atoms with E-state index in [-0.39, 0.29) is 0 Å². The normalized spacial score (nSPS) is 10.4. The van der Waals surface area contributed by atoms with Crippen LogP contribution in [0.25, 0.3) is 0 Å². The Morgan fingerprint density at radius 3 is 3.14 bits per heavy atom. The minimum atomic E-state index is 0.516. The highest BCUT2D eigenvalue weighted by Gasteiger charge is 1.97. The molecule has 0 aliphatic rings. The molecule has 14 heavy (non-hydrogen) atoms. The third-order valence-corrected chi connectivity index (χ3v) is 1.90. The summed E-state index contributed by atoms with van der Waals surface area (Å²) >= 11 is 0. The average molecular weight is 193 g/mol. The first-order valence-corrected chi connectivity index (χ1v) is 4.31. The van der Waals surface area contributed by atoms with E-state index in [1.165, 1.54) is 0 Å². The highest BCUT2D eigenvalue weighted by molar-refractivity contribution is 5.17. The highest BCUT2D eigenvalue weighted by atomic mass is 15.5. The number of hydrogen-bond acceptors (Lipinski definition) is 5. The van der Waals surface area contributed by atoms with E-state index in [1.807, 2.05) is 17.7 Å². The van der Waals surface area contributed by atoms with Gasteiger partial charge in [-0.15, -0.1) is 5.10 Å². The standard InChI is InChI=1S/C7H11N7/c1-6-8-2-4-14(6)5-3-9-7-10-12-13-11-7/h2,4H,3,5H2,1H3,(H2,9,10,11,12,13). The van der Waals surface area contributed by atoms with Gasteiger partial charge in [-0.25, -0.2) is 4.98 Å². The van der Waals surface area contributed by atoms with Crippen LogP contribution in [0.1, 0.15) is 5.82 Å². The molecular weight excluding hydrogens is 182 g/mol. The minimum absolute atomic E-state index is 0.516. The lowest BCUT2D eigenvalue weighted by molar-refractivity contribution is 0.698. The van der Waals surface area contributed by atoms with Crippen molar-refractivity contribution in [2.24, 2.45) is 0 Å². The van der Waals surface area contributed by atoms with E-state index in [0.29, 0.717) is 5.95 Å². The van der Waals surface area contributed by atoms with Crippen molar-refractivity contribution in [3.8, 4) is 0 Å². The summed E-state index contributed by atoms with van der Waals surface area (Å²) in [5.74, 6) is 1.52. The molecule has 2 heterocycles. The number of tetrazole rings is 1. The number of aromatic nitrogens is 6. The van der Waals surface area contributed by atoms with Crippen LogP contribution in [0.5, 0.6) is 0 Å². The van der Waals surface area contributed by atoms with E-state index < -0.39 is 0 Å². The third-order valence-electron chi connectivity index (χ3n) is 1.90. The molecule has 0 saturated heterocycles. The van der Waals surface area contributed by atoms with E-state index in [1.54, 1.807) is 6.20 Å². The van der Waals surface area contributed by atoms with Crippen molar-refractivity contribution >= 4 is 5.95 Å². The van der Waals surface area contributed by atoms with Crippen molar-refractivity contribution in [3.63, 3.8) is 0 Å². The fraction of sp³-hybridized carbons (Fsp3) is 0.429. The van der Waals surface area contributed by atoms with Gasteiger partial charge in [-0.3, -0.25) is 0 Å². The van der Waals surface area contributed by atoms with E-state index in [2.05, 4.69) is 30.9 Å². The van der Waals surface area contributed by atoms with Crippen LogP contribution in [0.2, 0.25) is 0 Å². The van der Waals surface area contributed by atoms with Crippen molar-refractivity contribution in [3.05, 3.63) is 18.2 Å². The Bertz CT molecular complexity index is 376. The second kappa shape index (κ2) is 3.86. The van der Waals surface area contributed by atoms with Gasteiger partial charge in [-0.1, -0.05) is 5.10 Å². The first kappa shape index (κ1) is 8.67. The quantitative estimate of drug-likeness (QED) is 0.703. The Balaban J connectivity index is 1.81. The Morgan fingerprint density at radius 1 is 1.57 bits per heavy atom. The van der Waals surface area contributed by atoms with Crippen LogP contribution in [0, 0.1) is 6.92 Å². The SMILES string of the molecule is Cc1nccn1CCNc1nn[nH]n1. The van der Waals surface area contributed by atoms with Gasteiger partial charge in [0.2, 0.25) is 0 Å². The van der Waals surface area contributed by atoms with Crippen molar-refractivity contribution < 1.29 is 0 Å². The largest absolute Gasteiger partial charge is 0.350 e. The van der Waals surface area contributed by atoms with Gasteiger partial charge in [-0.05, 0) is 12.1 Å².